The summed E-state index contributed by atoms with van der Waals surface area (Å²) in [6.07, 6.45) is 0.567. The lowest BCUT2D eigenvalue weighted by Crippen LogP contribution is -2.39. The molecular formula is C14H18N2O5S. The molecule has 0 aromatic heterocycles. The van der Waals surface area contributed by atoms with Crippen molar-refractivity contribution in [1.82, 2.24) is 10.6 Å². The van der Waals surface area contributed by atoms with Gasteiger partial charge < -0.3 is 20.1 Å². The van der Waals surface area contributed by atoms with E-state index >= 15 is 0 Å². The van der Waals surface area contributed by atoms with Gasteiger partial charge >= 0.3 is 0 Å². The SMILES string of the molecule is O=C(CNC1CCS(=O)(=O)C1)NCc1ccc2c(c1)OCO2. The Hall–Kier alpha value is -1.80. The van der Waals surface area contributed by atoms with Crippen LogP contribution in [0.4, 0.5) is 0 Å². The van der Waals surface area contributed by atoms with E-state index in [0.717, 1.165) is 5.56 Å². The van der Waals surface area contributed by atoms with Crippen molar-refractivity contribution in [3.63, 3.8) is 0 Å². The highest BCUT2D eigenvalue weighted by Gasteiger charge is 2.27. The molecule has 1 unspecified atom stereocenters. The highest BCUT2D eigenvalue weighted by molar-refractivity contribution is 7.91. The number of rotatable bonds is 5. The average Bonchev–Trinajstić information content (AvgIpc) is 3.08. The summed E-state index contributed by atoms with van der Waals surface area (Å²) in [4.78, 5) is 11.8. The monoisotopic (exact) mass is 326 g/mol. The zero-order chi connectivity index (χ0) is 15.6. The van der Waals surface area contributed by atoms with Gasteiger partial charge in [-0.2, -0.15) is 0 Å². The molecule has 0 aliphatic carbocycles. The average molecular weight is 326 g/mol. The molecule has 0 saturated carbocycles. The van der Waals surface area contributed by atoms with E-state index in [1.807, 2.05) is 18.2 Å². The van der Waals surface area contributed by atoms with Crippen LogP contribution in [0.25, 0.3) is 0 Å². The Morgan fingerprint density at radius 3 is 2.86 bits per heavy atom. The highest BCUT2D eigenvalue weighted by Crippen LogP contribution is 2.32. The van der Waals surface area contributed by atoms with Crippen molar-refractivity contribution >= 4 is 15.7 Å². The van der Waals surface area contributed by atoms with Crippen molar-refractivity contribution in [3.05, 3.63) is 23.8 Å². The van der Waals surface area contributed by atoms with E-state index in [2.05, 4.69) is 10.6 Å². The number of fused-ring (bicyclic) bond motifs is 1. The van der Waals surface area contributed by atoms with Gasteiger partial charge in [-0.25, -0.2) is 8.42 Å². The first-order valence-corrected chi connectivity index (χ1v) is 8.93. The molecule has 0 bridgehead atoms. The van der Waals surface area contributed by atoms with Crippen molar-refractivity contribution in [1.29, 1.82) is 0 Å². The van der Waals surface area contributed by atoms with Crippen molar-refractivity contribution in [3.8, 4) is 11.5 Å². The lowest BCUT2D eigenvalue weighted by atomic mass is 10.2. The van der Waals surface area contributed by atoms with Crippen LogP contribution in [0.5, 0.6) is 11.5 Å². The number of nitrogens with one attached hydrogen (secondary N) is 2. The maximum Gasteiger partial charge on any atom is 0.234 e. The van der Waals surface area contributed by atoms with Crippen molar-refractivity contribution < 1.29 is 22.7 Å². The fourth-order valence-electron chi connectivity index (χ4n) is 2.51. The van der Waals surface area contributed by atoms with Crippen molar-refractivity contribution in [2.75, 3.05) is 24.8 Å². The Bertz CT molecular complexity index is 674. The van der Waals surface area contributed by atoms with E-state index in [1.165, 1.54) is 0 Å². The van der Waals surface area contributed by atoms with Gasteiger partial charge in [0.2, 0.25) is 12.7 Å². The molecule has 3 rings (SSSR count). The zero-order valence-corrected chi connectivity index (χ0v) is 12.8. The largest absolute Gasteiger partial charge is 0.454 e. The first kappa shape index (κ1) is 15.1. The third kappa shape index (κ3) is 3.69. The summed E-state index contributed by atoms with van der Waals surface area (Å²) in [5.74, 6) is 1.54. The highest BCUT2D eigenvalue weighted by atomic mass is 32.2. The standard InChI is InChI=1S/C14H18N2O5S/c17-14(7-15-11-3-4-22(18,19)8-11)16-6-10-1-2-12-13(5-10)21-9-20-12/h1-2,5,11,15H,3-4,6-9H2,(H,16,17). The van der Waals surface area contributed by atoms with Gasteiger partial charge in [-0.05, 0) is 24.1 Å². The topological polar surface area (TPSA) is 93.7 Å². The lowest BCUT2D eigenvalue weighted by Gasteiger charge is -2.11. The normalized spacial score (nSPS) is 21.7. The predicted molar refractivity (Wildman–Crippen MR) is 79.5 cm³/mol. The number of amides is 1. The Labute approximate surface area is 128 Å². The van der Waals surface area contributed by atoms with Crippen LogP contribution in [0.1, 0.15) is 12.0 Å². The van der Waals surface area contributed by atoms with Gasteiger partial charge in [0.25, 0.3) is 0 Å². The van der Waals surface area contributed by atoms with E-state index < -0.39 is 9.84 Å². The van der Waals surface area contributed by atoms with Crippen LogP contribution in [-0.4, -0.2) is 45.2 Å². The summed E-state index contributed by atoms with van der Waals surface area (Å²) in [6.45, 7) is 0.726. The van der Waals surface area contributed by atoms with Crippen LogP contribution in [-0.2, 0) is 21.2 Å². The maximum absolute atomic E-state index is 11.8. The van der Waals surface area contributed by atoms with Crippen LogP contribution >= 0.6 is 0 Å². The number of carbonyl (C=O) groups is 1. The van der Waals surface area contributed by atoms with Gasteiger partial charge in [-0.3, -0.25) is 4.79 Å². The summed E-state index contributed by atoms with van der Waals surface area (Å²) >= 11 is 0. The molecule has 1 aromatic carbocycles. The Morgan fingerprint density at radius 2 is 2.09 bits per heavy atom. The number of hydrogen-bond donors (Lipinski definition) is 2. The fourth-order valence-corrected chi connectivity index (χ4v) is 4.21. The summed E-state index contributed by atoms with van der Waals surface area (Å²) in [6, 6.07) is 5.39. The molecule has 1 aromatic rings. The van der Waals surface area contributed by atoms with Gasteiger partial charge in [0.15, 0.2) is 21.3 Å². The molecule has 1 fully saturated rings. The van der Waals surface area contributed by atoms with Gasteiger partial charge in [0, 0.05) is 12.6 Å². The Kier molecular flexibility index (Phi) is 4.21. The molecule has 7 nitrogen and oxygen atoms in total. The fraction of sp³-hybridized carbons (Fsp3) is 0.500. The zero-order valence-electron chi connectivity index (χ0n) is 12.0. The Morgan fingerprint density at radius 1 is 1.27 bits per heavy atom. The number of benzene rings is 1. The van der Waals surface area contributed by atoms with E-state index in [0.29, 0.717) is 24.5 Å². The summed E-state index contributed by atoms with van der Waals surface area (Å²) in [7, 11) is -2.92. The minimum absolute atomic E-state index is 0.114. The predicted octanol–water partition coefficient (Wildman–Crippen LogP) is -0.192. The number of ether oxygens (including phenoxy) is 2. The second-order valence-electron chi connectivity index (χ2n) is 5.45. The second kappa shape index (κ2) is 6.13. The smallest absolute Gasteiger partial charge is 0.234 e. The molecule has 2 aliphatic rings. The maximum atomic E-state index is 11.8. The van der Waals surface area contributed by atoms with Gasteiger partial charge in [0.05, 0.1) is 18.1 Å². The lowest BCUT2D eigenvalue weighted by molar-refractivity contribution is -0.120. The van der Waals surface area contributed by atoms with Gasteiger partial charge in [-0.1, -0.05) is 6.07 Å². The number of carbonyl (C=O) groups excluding carboxylic acids is 1. The minimum Gasteiger partial charge on any atom is -0.454 e. The second-order valence-corrected chi connectivity index (χ2v) is 7.67. The van der Waals surface area contributed by atoms with Crippen LogP contribution in [0, 0.1) is 0 Å². The van der Waals surface area contributed by atoms with Crippen LogP contribution in [0.2, 0.25) is 0 Å². The molecule has 0 spiro atoms. The molecule has 2 N–H and O–H groups in total. The van der Waals surface area contributed by atoms with E-state index in [1.54, 1.807) is 0 Å². The molecule has 8 heteroatoms. The molecule has 22 heavy (non-hydrogen) atoms. The minimum atomic E-state index is -2.92. The number of hydrogen-bond acceptors (Lipinski definition) is 6. The van der Waals surface area contributed by atoms with Crippen LogP contribution < -0.4 is 20.1 Å². The molecule has 1 saturated heterocycles. The van der Waals surface area contributed by atoms with Gasteiger partial charge in [-0.15, -0.1) is 0 Å². The van der Waals surface area contributed by atoms with Gasteiger partial charge in [0.1, 0.15) is 0 Å². The van der Waals surface area contributed by atoms with E-state index in [4.69, 9.17) is 9.47 Å². The molecule has 1 amide bonds. The molecule has 0 radical (unpaired) electrons. The molecule has 120 valence electrons. The van der Waals surface area contributed by atoms with Crippen LogP contribution in [0.15, 0.2) is 18.2 Å². The van der Waals surface area contributed by atoms with E-state index in [-0.39, 0.29) is 36.8 Å². The first-order valence-electron chi connectivity index (χ1n) is 7.11. The third-order valence-corrected chi connectivity index (χ3v) is 5.48. The van der Waals surface area contributed by atoms with E-state index in [9.17, 15) is 13.2 Å². The third-order valence-electron chi connectivity index (χ3n) is 3.71. The summed E-state index contributed by atoms with van der Waals surface area (Å²) < 4.78 is 33.2. The molecular weight excluding hydrogens is 308 g/mol. The Balaban J connectivity index is 1.43. The molecule has 2 aliphatic heterocycles. The molecule has 1 atom stereocenters. The number of sulfone groups is 1. The summed E-state index contributed by atoms with van der Waals surface area (Å²) in [5.41, 5.74) is 0.918. The van der Waals surface area contributed by atoms with Crippen LogP contribution in [0.3, 0.4) is 0 Å². The van der Waals surface area contributed by atoms with Crippen molar-refractivity contribution in [2.45, 2.75) is 19.0 Å². The van der Waals surface area contributed by atoms with Crippen molar-refractivity contribution in [2.24, 2.45) is 0 Å². The molecule has 2 heterocycles. The first-order chi connectivity index (χ1) is 10.5. The summed E-state index contributed by atoms with van der Waals surface area (Å²) in [5, 5.41) is 5.77. The quantitative estimate of drug-likeness (QED) is 0.779.